The first-order valence-corrected chi connectivity index (χ1v) is 6.51. The highest BCUT2D eigenvalue weighted by molar-refractivity contribution is 9.10. The van der Waals surface area contributed by atoms with E-state index >= 15 is 0 Å². The van der Waals surface area contributed by atoms with Gasteiger partial charge in [0.15, 0.2) is 5.69 Å². The van der Waals surface area contributed by atoms with E-state index in [0.717, 1.165) is 12.8 Å². The van der Waals surface area contributed by atoms with E-state index in [1.54, 1.807) is 7.11 Å². The smallest absolute Gasteiger partial charge is 0.244 e. The van der Waals surface area contributed by atoms with Crippen LogP contribution in [0.3, 0.4) is 0 Å². The summed E-state index contributed by atoms with van der Waals surface area (Å²) in [6.07, 6.45) is 3.06. The Morgan fingerprint density at radius 1 is 1.53 bits per heavy atom. The fourth-order valence-corrected chi connectivity index (χ4v) is 1.96. The van der Waals surface area contributed by atoms with Gasteiger partial charge in [-0.3, -0.25) is 0 Å². The van der Waals surface area contributed by atoms with Gasteiger partial charge in [-0.1, -0.05) is 5.16 Å². The molecule has 2 rings (SSSR count). The fraction of sp³-hybridized carbons (Fsp3) is 0.727. The lowest BCUT2D eigenvalue weighted by molar-refractivity contribution is -0.129. The van der Waals surface area contributed by atoms with Gasteiger partial charge in [-0.15, -0.1) is 0 Å². The average molecular weight is 306 g/mol. The van der Waals surface area contributed by atoms with Crippen LogP contribution in [0.5, 0.6) is 5.75 Å². The minimum Gasteiger partial charge on any atom is -0.484 e. The molecule has 1 aromatic rings. The van der Waals surface area contributed by atoms with Gasteiger partial charge >= 0.3 is 0 Å². The van der Waals surface area contributed by atoms with Crippen molar-refractivity contribution in [1.29, 1.82) is 0 Å². The van der Waals surface area contributed by atoms with Crippen LogP contribution in [0.25, 0.3) is 0 Å². The molecule has 1 aliphatic carbocycles. The van der Waals surface area contributed by atoms with Gasteiger partial charge < -0.3 is 18.7 Å². The number of methoxy groups -OCH3 is 1. The highest BCUT2D eigenvalue weighted by atomic mass is 79.9. The molecular formula is C11H16BrNO4. The highest BCUT2D eigenvalue weighted by Gasteiger charge is 2.28. The summed E-state index contributed by atoms with van der Waals surface area (Å²) in [5.74, 6) is 0.593. The first-order valence-electron chi connectivity index (χ1n) is 5.72. The molecule has 1 fully saturated rings. The summed E-state index contributed by atoms with van der Waals surface area (Å²) in [5.41, 5.74) is 0.549. The van der Waals surface area contributed by atoms with E-state index in [9.17, 15) is 0 Å². The van der Waals surface area contributed by atoms with Crippen LogP contribution in [-0.4, -0.2) is 25.0 Å². The van der Waals surface area contributed by atoms with Gasteiger partial charge in [0.2, 0.25) is 16.7 Å². The van der Waals surface area contributed by atoms with E-state index in [4.69, 9.17) is 18.7 Å². The Kier molecular flexibility index (Phi) is 4.42. The molecule has 0 bridgehead atoms. The van der Waals surface area contributed by atoms with E-state index in [-0.39, 0.29) is 6.10 Å². The molecule has 1 aliphatic rings. The lowest BCUT2D eigenvalue weighted by atomic mass is 9.96. The van der Waals surface area contributed by atoms with E-state index in [0.29, 0.717) is 22.7 Å². The van der Waals surface area contributed by atoms with Crippen molar-refractivity contribution in [1.82, 2.24) is 5.16 Å². The number of hydrogen-bond acceptors (Lipinski definition) is 5. The van der Waals surface area contributed by atoms with Crippen molar-refractivity contribution in [2.45, 2.75) is 38.6 Å². The van der Waals surface area contributed by atoms with Gasteiger partial charge in [0.25, 0.3) is 0 Å². The molecule has 1 heterocycles. The lowest BCUT2D eigenvalue weighted by Crippen LogP contribution is -2.25. The van der Waals surface area contributed by atoms with Crippen LogP contribution in [0, 0.1) is 0 Å². The normalized spacial score (nSPS) is 17.8. The third-order valence-corrected chi connectivity index (χ3v) is 3.23. The van der Waals surface area contributed by atoms with Crippen molar-refractivity contribution in [2.24, 2.45) is 0 Å². The number of rotatable bonds is 6. The number of halogens is 1. The van der Waals surface area contributed by atoms with Crippen LogP contribution in [0.15, 0.2) is 9.19 Å². The number of nitrogens with zero attached hydrogens (tertiary/aromatic N) is 1. The summed E-state index contributed by atoms with van der Waals surface area (Å²) in [4.78, 5) is 0. The second-order valence-corrected chi connectivity index (χ2v) is 4.58. The largest absolute Gasteiger partial charge is 0.484 e. The van der Waals surface area contributed by atoms with Gasteiger partial charge in [-0.2, -0.15) is 0 Å². The molecule has 0 aromatic carbocycles. The first-order chi connectivity index (χ1) is 8.26. The Bertz CT molecular complexity index is 364. The third kappa shape index (κ3) is 2.81. The maximum Gasteiger partial charge on any atom is 0.244 e. The van der Waals surface area contributed by atoms with E-state index in [2.05, 4.69) is 21.1 Å². The zero-order chi connectivity index (χ0) is 12.3. The van der Waals surface area contributed by atoms with Crippen molar-refractivity contribution in [3.8, 4) is 5.75 Å². The van der Waals surface area contributed by atoms with Crippen LogP contribution in [0.1, 0.15) is 38.2 Å². The van der Waals surface area contributed by atoms with Crippen LogP contribution >= 0.6 is 15.9 Å². The molecular weight excluding hydrogens is 290 g/mol. The Balaban J connectivity index is 2.14. The van der Waals surface area contributed by atoms with Gasteiger partial charge in [0.05, 0.1) is 6.10 Å². The Morgan fingerprint density at radius 3 is 2.82 bits per heavy atom. The standard InChI is InChI=1S/C11H16BrNO4/c1-3-15-11(14-2)8-9(10(12)17-13-8)16-7-5-4-6-7/h7,11H,3-6H2,1-2H3. The second kappa shape index (κ2) is 5.84. The topological polar surface area (TPSA) is 53.7 Å². The summed E-state index contributed by atoms with van der Waals surface area (Å²) in [6.45, 7) is 2.43. The monoisotopic (exact) mass is 305 g/mol. The number of hydrogen-bond donors (Lipinski definition) is 0. The van der Waals surface area contributed by atoms with Gasteiger partial charge in [-0.05, 0) is 42.1 Å². The molecule has 0 radical (unpaired) electrons. The van der Waals surface area contributed by atoms with Gasteiger partial charge in [-0.25, -0.2) is 0 Å². The lowest BCUT2D eigenvalue weighted by Gasteiger charge is -2.26. The van der Waals surface area contributed by atoms with Crippen LogP contribution in [0.4, 0.5) is 0 Å². The van der Waals surface area contributed by atoms with Gasteiger partial charge in [0.1, 0.15) is 0 Å². The van der Waals surface area contributed by atoms with Crippen molar-refractivity contribution in [3.63, 3.8) is 0 Å². The summed E-state index contributed by atoms with van der Waals surface area (Å²) in [5, 5.41) is 3.92. The molecule has 0 amide bonds. The number of ether oxygens (including phenoxy) is 3. The molecule has 6 heteroatoms. The van der Waals surface area contributed by atoms with Crippen LogP contribution in [0.2, 0.25) is 0 Å². The fourth-order valence-electron chi connectivity index (χ4n) is 1.59. The maximum absolute atomic E-state index is 5.82. The molecule has 5 nitrogen and oxygen atoms in total. The molecule has 1 saturated carbocycles. The summed E-state index contributed by atoms with van der Waals surface area (Å²) >= 11 is 3.28. The summed E-state index contributed by atoms with van der Waals surface area (Å²) in [6, 6.07) is 0. The molecule has 96 valence electrons. The van der Waals surface area contributed by atoms with Crippen molar-refractivity contribution in [2.75, 3.05) is 13.7 Å². The number of aromatic nitrogens is 1. The zero-order valence-corrected chi connectivity index (χ0v) is 11.5. The summed E-state index contributed by atoms with van der Waals surface area (Å²) < 4.78 is 22.0. The highest BCUT2D eigenvalue weighted by Crippen LogP contribution is 2.37. The molecule has 1 aromatic heterocycles. The third-order valence-electron chi connectivity index (χ3n) is 2.73. The minimum atomic E-state index is -0.551. The Hall–Kier alpha value is -0.590. The van der Waals surface area contributed by atoms with Crippen molar-refractivity contribution in [3.05, 3.63) is 10.4 Å². The minimum absolute atomic E-state index is 0.253. The average Bonchev–Trinajstić information content (AvgIpc) is 2.62. The van der Waals surface area contributed by atoms with Gasteiger partial charge in [0, 0.05) is 13.7 Å². The molecule has 0 aliphatic heterocycles. The SMILES string of the molecule is CCOC(OC)c1noc(Br)c1OC1CCC1. The van der Waals surface area contributed by atoms with Crippen LogP contribution < -0.4 is 4.74 Å². The van der Waals surface area contributed by atoms with Crippen molar-refractivity contribution < 1.29 is 18.7 Å². The van der Waals surface area contributed by atoms with E-state index < -0.39 is 6.29 Å². The quantitative estimate of drug-likeness (QED) is 0.756. The Morgan fingerprint density at radius 2 is 2.29 bits per heavy atom. The predicted molar refractivity (Wildman–Crippen MR) is 63.8 cm³/mol. The van der Waals surface area contributed by atoms with E-state index in [1.807, 2.05) is 6.92 Å². The van der Waals surface area contributed by atoms with Crippen molar-refractivity contribution >= 4 is 15.9 Å². The first kappa shape index (κ1) is 12.9. The van der Waals surface area contributed by atoms with E-state index in [1.165, 1.54) is 6.42 Å². The second-order valence-electron chi connectivity index (χ2n) is 3.86. The molecule has 0 spiro atoms. The Labute approximate surface area is 109 Å². The van der Waals surface area contributed by atoms with Crippen LogP contribution in [-0.2, 0) is 9.47 Å². The molecule has 0 saturated heterocycles. The predicted octanol–water partition coefficient (Wildman–Crippen LogP) is 3.05. The molecule has 1 atom stereocenters. The molecule has 1 unspecified atom stereocenters. The maximum atomic E-state index is 5.82. The summed E-state index contributed by atoms with van der Waals surface area (Å²) in [7, 11) is 1.57. The zero-order valence-electron chi connectivity index (χ0n) is 9.94. The molecule has 0 N–H and O–H groups in total. The molecule has 17 heavy (non-hydrogen) atoms.